The van der Waals surface area contributed by atoms with Gasteiger partial charge in [-0.05, 0) is 25.8 Å². The van der Waals surface area contributed by atoms with E-state index < -0.39 is 0 Å². The van der Waals surface area contributed by atoms with E-state index in [4.69, 9.17) is 4.74 Å². The van der Waals surface area contributed by atoms with Gasteiger partial charge in [0.05, 0.1) is 6.61 Å². The minimum absolute atomic E-state index is 0.0659. The Balaban J connectivity index is 2.00. The molecule has 1 aromatic rings. The van der Waals surface area contributed by atoms with Crippen molar-refractivity contribution in [1.29, 1.82) is 0 Å². The number of nitrogens with zero attached hydrogens (tertiary/aromatic N) is 1. The first-order valence-electron chi connectivity index (χ1n) is 5.20. The Bertz CT molecular complexity index is 361. The molecule has 0 aromatic carbocycles. The Morgan fingerprint density at radius 1 is 1.60 bits per heavy atom. The highest BCUT2D eigenvalue weighted by Gasteiger charge is 2.29. The van der Waals surface area contributed by atoms with Crippen molar-refractivity contribution in [3.8, 4) is 5.88 Å². The zero-order valence-corrected chi connectivity index (χ0v) is 8.69. The maximum atomic E-state index is 11.5. The van der Waals surface area contributed by atoms with Crippen molar-refractivity contribution in [3.63, 3.8) is 0 Å². The number of ether oxygens (including phenoxy) is 1. The third kappa shape index (κ3) is 2.68. The molecule has 4 nitrogen and oxygen atoms in total. The average molecular weight is 206 g/mol. The van der Waals surface area contributed by atoms with Gasteiger partial charge in [-0.25, -0.2) is 0 Å². The predicted octanol–water partition coefficient (Wildman–Crippen LogP) is 1.83. The number of carbonyl (C=O) groups excluding carboxylic acids is 1. The molecule has 0 unspecified atom stereocenters. The average Bonchev–Trinajstić information content (AvgIpc) is 3.01. The van der Waals surface area contributed by atoms with E-state index in [0.717, 1.165) is 12.8 Å². The van der Waals surface area contributed by atoms with Crippen LogP contribution in [0.5, 0.6) is 5.88 Å². The Labute approximate surface area is 88.7 Å². The lowest BCUT2D eigenvalue weighted by Gasteiger charge is -2.05. The standard InChI is InChI=1S/C11H14N2O2/c1-2-15-10-5-3-4-9(12-10)13-11(14)8-6-7-8/h3-5,8H,2,6-7H2,1H3,(H,12,13,14). The number of aromatic nitrogens is 1. The molecule has 15 heavy (non-hydrogen) atoms. The van der Waals surface area contributed by atoms with E-state index in [0.29, 0.717) is 18.3 Å². The van der Waals surface area contributed by atoms with E-state index in [1.165, 1.54) is 0 Å². The fourth-order valence-electron chi connectivity index (χ4n) is 1.29. The van der Waals surface area contributed by atoms with Crippen LogP contribution in [0, 0.1) is 5.92 Å². The fourth-order valence-corrected chi connectivity index (χ4v) is 1.29. The lowest BCUT2D eigenvalue weighted by Crippen LogP contribution is -2.14. The first-order chi connectivity index (χ1) is 7.29. The summed E-state index contributed by atoms with van der Waals surface area (Å²) in [6.07, 6.45) is 1.99. The van der Waals surface area contributed by atoms with Crippen molar-refractivity contribution in [1.82, 2.24) is 4.98 Å². The molecule has 0 spiro atoms. The number of hydrogen-bond acceptors (Lipinski definition) is 3. The van der Waals surface area contributed by atoms with E-state index in [1.54, 1.807) is 12.1 Å². The van der Waals surface area contributed by atoms with Crippen LogP contribution in [0.1, 0.15) is 19.8 Å². The minimum atomic E-state index is 0.0659. The molecule has 1 aromatic heterocycles. The monoisotopic (exact) mass is 206 g/mol. The van der Waals surface area contributed by atoms with Gasteiger partial charge in [-0.1, -0.05) is 6.07 Å². The van der Waals surface area contributed by atoms with Crippen LogP contribution in [-0.4, -0.2) is 17.5 Å². The largest absolute Gasteiger partial charge is 0.478 e. The topological polar surface area (TPSA) is 51.2 Å². The molecule has 1 fully saturated rings. The molecule has 1 N–H and O–H groups in total. The maximum Gasteiger partial charge on any atom is 0.228 e. The van der Waals surface area contributed by atoms with Crippen molar-refractivity contribution < 1.29 is 9.53 Å². The number of nitrogens with one attached hydrogen (secondary N) is 1. The van der Waals surface area contributed by atoms with Crippen LogP contribution in [-0.2, 0) is 4.79 Å². The third-order valence-electron chi connectivity index (χ3n) is 2.22. The summed E-state index contributed by atoms with van der Waals surface area (Å²) >= 11 is 0. The molecule has 0 saturated heterocycles. The normalized spacial score (nSPS) is 14.7. The van der Waals surface area contributed by atoms with Gasteiger partial charge in [-0.2, -0.15) is 4.98 Å². The molecule has 0 aliphatic heterocycles. The zero-order chi connectivity index (χ0) is 10.7. The highest BCUT2D eigenvalue weighted by Crippen LogP contribution is 2.30. The molecular formula is C11H14N2O2. The highest BCUT2D eigenvalue weighted by atomic mass is 16.5. The van der Waals surface area contributed by atoms with Crippen LogP contribution in [0.3, 0.4) is 0 Å². The summed E-state index contributed by atoms with van der Waals surface area (Å²) in [4.78, 5) is 15.6. The second-order valence-corrected chi connectivity index (χ2v) is 3.56. The summed E-state index contributed by atoms with van der Waals surface area (Å²) in [6.45, 7) is 2.48. The summed E-state index contributed by atoms with van der Waals surface area (Å²) in [5.41, 5.74) is 0. The van der Waals surface area contributed by atoms with Crippen LogP contribution in [0.15, 0.2) is 18.2 Å². The number of anilines is 1. The zero-order valence-electron chi connectivity index (χ0n) is 8.69. The summed E-state index contributed by atoms with van der Waals surface area (Å²) < 4.78 is 5.24. The van der Waals surface area contributed by atoms with Crippen LogP contribution >= 0.6 is 0 Å². The molecule has 0 radical (unpaired) electrons. The smallest absolute Gasteiger partial charge is 0.228 e. The predicted molar refractivity (Wildman–Crippen MR) is 56.8 cm³/mol. The molecule has 1 aliphatic carbocycles. The fraction of sp³-hybridized carbons (Fsp3) is 0.455. The van der Waals surface area contributed by atoms with Crippen LogP contribution in [0.2, 0.25) is 0 Å². The molecule has 4 heteroatoms. The molecule has 1 heterocycles. The molecular weight excluding hydrogens is 192 g/mol. The highest BCUT2D eigenvalue weighted by molar-refractivity contribution is 5.93. The number of carbonyl (C=O) groups is 1. The first-order valence-corrected chi connectivity index (χ1v) is 5.20. The van der Waals surface area contributed by atoms with Gasteiger partial charge in [-0.3, -0.25) is 4.79 Å². The maximum absolute atomic E-state index is 11.5. The number of rotatable bonds is 4. The van der Waals surface area contributed by atoms with Crippen molar-refractivity contribution in [2.24, 2.45) is 5.92 Å². The Morgan fingerprint density at radius 3 is 3.07 bits per heavy atom. The Kier molecular flexibility index (Phi) is 2.85. The first kappa shape index (κ1) is 9.96. The van der Waals surface area contributed by atoms with E-state index in [-0.39, 0.29) is 11.8 Å². The van der Waals surface area contributed by atoms with E-state index in [1.807, 2.05) is 13.0 Å². The number of hydrogen-bond donors (Lipinski definition) is 1. The minimum Gasteiger partial charge on any atom is -0.478 e. The van der Waals surface area contributed by atoms with E-state index >= 15 is 0 Å². The quantitative estimate of drug-likeness (QED) is 0.817. The number of pyridine rings is 1. The van der Waals surface area contributed by atoms with Gasteiger partial charge in [0, 0.05) is 12.0 Å². The van der Waals surface area contributed by atoms with Gasteiger partial charge in [0.2, 0.25) is 11.8 Å². The molecule has 1 amide bonds. The molecule has 1 aliphatic rings. The SMILES string of the molecule is CCOc1cccc(NC(=O)C2CC2)n1. The summed E-state index contributed by atoms with van der Waals surface area (Å²) in [6, 6.07) is 5.36. The lowest BCUT2D eigenvalue weighted by atomic mass is 10.4. The molecule has 80 valence electrons. The molecule has 2 rings (SSSR count). The van der Waals surface area contributed by atoms with E-state index in [9.17, 15) is 4.79 Å². The second-order valence-electron chi connectivity index (χ2n) is 3.56. The van der Waals surface area contributed by atoms with Crippen molar-refractivity contribution in [3.05, 3.63) is 18.2 Å². The Morgan fingerprint density at radius 2 is 2.40 bits per heavy atom. The number of amides is 1. The second kappa shape index (κ2) is 4.29. The van der Waals surface area contributed by atoms with Gasteiger partial charge in [0.25, 0.3) is 0 Å². The van der Waals surface area contributed by atoms with Gasteiger partial charge in [0.1, 0.15) is 5.82 Å². The van der Waals surface area contributed by atoms with Gasteiger partial charge in [-0.15, -0.1) is 0 Å². The Hall–Kier alpha value is -1.58. The molecule has 0 bridgehead atoms. The molecule has 0 atom stereocenters. The summed E-state index contributed by atoms with van der Waals surface area (Å²) in [5, 5.41) is 2.77. The lowest BCUT2D eigenvalue weighted by molar-refractivity contribution is -0.117. The van der Waals surface area contributed by atoms with Crippen LogP contribution in [0.25, 0.3) is 0 Å². The third-order valence-corrected chi connectivity index (χ3v) is 2.22. The van der Waals surface area contributed by atoms with Gasteiger partial charge < -0.3 is 10.1 Å². The molecule has 1 saturated carbocycles. The van der Waals surface area contributed by atoms with Crippen molar-refractivity contribution >= 4 is 11.7 Å². The van der Waals surface area contributed by atoms with Gasteiger partial charge >= 0.3 is 0 Å². The van der Waals surface area contributed by atoms with Crippen molar-refractivity contribution in [2.75, 3.05) is 11.9 Å². The van der Waals surface area contributed by atoms with E-state index in [2.05, 4.69) is 10.3 Å². The van der Waals surface area contributed by atoms with Crippen LogP contribution in [0.4, 0.5) is 5.82 Å². The van der Waals surface area contributed by atoms with Crippen molar-refractivity contribution in [2.45, 2.75) is 19.8 Å². The van der Waals surface area contributed by atoms with Crippen LogP contribution < -0.4 is 10.1 Å². The summed E-state index contributed by atoms with van der Waals surface area (Å²) in [5.74, 6) is 1.38. The summed E-state index contributed by atoms with van der Waals surface area (Å²) in [7, 11) is 0. The van der Waals surface area contributed by atoms with Gasteiger partial charge in [0.15, 0.2) is 0 Å².